The topological polar surface area (TPSA) is 80.1 Å². The summed E-state index contributed by atoms with van der Waals surface area (Å²) in [6, 6.07) is 0. The molecule has 1 rings (SSSR count). The lowest BCUT2D eigenvalue weighted by Crippen LogP contribution is -2.25. The molecule has 1 aromatic heterocycles. The molecule has 0 aliphatic rings. The molecule has 5 nitrogen and oxygen atoms in total. The number of rotatable bonds is 1. The molecule has 0 fully saturated rings. The maximum absolute atomic E-state index is 11.0. The Balaban J connectivity index is 3.60. The van der Waals surface area contributed by atoms with Gasteiger partial charge in [0.15, 0.2) is 5.78 Å². The van der Waals surface area contributed by atoms with E-state index in [2.05, 4.69) is 4.42 Å². The van der Waals surface area contributed by atoms with Gasteiger partial charge in [-0.3, -0.25) is 14.6 Å². The number of aryl methyl sites for hydroxylation is 1. The Bertz CT molecular complexity index is 426. The third kappa shape index (κ3) is 1.34. The van der Waals surface area contributed by atoms with Crippen LogP contribution >= 0.6 is 0 Å². The predicted octanol–water partition coefficient (Wildman–Crippen LogP) is -0.161. The van der Waals surface area contributed by atoms with Crippen molar-refractivity contribution in [3.05, 3.63) is 32.2 Å². The molecule has 0 aliphatic heterocycles. The number of Topliss-reactive ketones (excluding diaryl/α,β-unsaturated/α-hetero) is 1. The Labute approximate surface area is 67.0 Å². The normalized spacial score (nSPS) is 9.83. The summed E-state index contributed by atoms with van der Waals surface area (Å²) in [6.07, 6.45) is 0. The summed E-state index contributed by atoms with van der Waals surface area (Å²) in [7, 11) is 0. The molecule has 5 heteroatoms. The van der Waals surface area contributed by atoms with Crippen LogP contribution in [0.1, 0.15) is 23.0 Å². The number of aromatic amines is 1. The van der Waals surface area contributed by atoms with Crippen LogP contribution in [-0.2, 0) is 0 Å². The first-order chi connectivity index (χ1) is 5.52. The highest BCUT2D eigenvalue weighted by molar-refractivity contribution is 5.94. The van der Waals surface area contributed by atoms with Crippen LogP contribution in [-0.4, -0.2) is 10.8 Å². The van der Waals surface area contributed by atoms with Crippen LogP contribution in [0.2, 0.25) is 0 Å². The van der Waals surface area contributed by atoms with Gasteiger partial charge in [0.25, 0.3) is 5.56 Å². The van der Waals surface area contributed by atoms with Crippen molar-refractivity contribution in [2.24, 2.45) is 0 Å². The molecule has 0 spiro atoms. The van der Waals surface area contributed by atoms with Gasteiger partial charge in [-0.2, -0.15) is 0 Å². The van der Waals surface area contributed by atoms with E-state index in [0.717, 1.165) is 0 Å². The second kappa shape index (κ2) is 2.77. The van der Waals surface area contributed by atoms with Gasteiger partial charge in [-0.1, -0.05) is 0 Å². The molecular weight excluding hydrogens is 162 g/mol. The highest BCUT2D eigenvalue weighted by Crippen LogP contribution is 1.97. The van der Waals surface area contributed by atoms with Gasteiger partial charge in [0, 0.05) is 0 Å². The van der Waals surface area contributed by atoms with E-state index < -0.39 is 17.1 Å². The number of aromatic nitrogens is 1. The second-order valence-corrected chi connectivity index (χ2v) is 2.33. The van der Waals surface area contributed by atoms with E-state index in [0.29, 0.717) is 0 Å². The fourth-order valence-corrected chi connectivity index (χ4v) is 0.938. The van der Waals surface area contributed by atoms with E-state index >= 15 is 0 Å². The van der Waals surface area contributed by atoms with Crippen LogP contribution in [0.25, 0.3) is 0 Å². The summed E-state index contributed by atoms with van der Waals surface area (Å²) in [5, 5.41) is 0. The first-order valence-electron chi connectivity index (χ1n) is 3.27. The number of carbonyl (C=O) groups excluding carboxylic acids is 1. The van der Waals surface area contributed by atoms with Gasteiger partial charge in [0.2, 0.25) is 0 Å². The highest BCUT2D eigenvalue weighted by Gasteiger charge is 2.11. The lowest BCUT2D eigenvalue weighted by atomic mass is 10.2. The van der Waals surface area contributed by atoms with Crippen molar-refractivity contribution in [1.29, 1.82) is 0 Å². The minimum Gasteiger partial charge on any atom is -0.414 e. The quantitative estimate of drug-likeness (QED) is 0.592. The van der Waals surface area contributed by atoms with Crippen LogP contribution < -0.4 is 11.3 Å². The van der Waals surface area contributed by atoms with Crippen LogP contribution in [0.5, 0.6) is 0 Å². The molecule has 0 unspecified atom stereocenters. The molecule has 0 amide bonds. The van der Waals surface area contributed by atoms with Crippen LogP contribution in [0, 0.1) is 6.92 Å². The molecule has 0 aromatic carbocycles. The molecule has 12 heavy (non-hydrogen) atoms. The van der Waals surface area contributed by atoms with Crippen molar-refractivity contribution in [1.82, 2.24) is 4.98 Å². The van der Waals surface area contributed by atoms with E-state index in [1.165, 1.54) is 13.8 Å². The van der Waals surface area contributed by atoms with Crippen molar-refractivity contribution in [2.75, 3.05) is 0 Å². The summed E-state index contributed by atoms with van der Waals surface area (Å²) in [4.78, 5) is 34.2. The molecule has 0 saturated heterocycles. The molecule has 0 radical (unpaired) electrons. The smallest absolute Gasteiger partial charge is 0.414 e. The Kier molecular flexibility index (Phi) is 1.95. The van der Waals surface area contributed by atoms with Gasteiger partial charge in [-0.25, -0.2) is 4.79 Å². The molecule has 0 saturated carbocycles. The van der Waals surface area contributed by atoms with Gasteiger partial charge in [-0.05, 0) is 13.8 Å². The van der Waals surface area contributed by atoms with Gasteiger partial charge < -0.3 is 4.42 Å². The number of hydrogen-bond donors (Lipinski definition) is 1. The maximum Gasteiger partial charge on any atom is 0.419 e. The lowest BCUT2D eigenvalue weighted by Gasteiger charge is -1.95. The van der Waals surface area contributed by atoms with E-state index in [9.17, 15) is 14.4 Å². The molecule has 1 aromatic rings. The average Bonchev–Trinajstić information content (AvgIpc) is 1.82. The lowest BCUT2D eigenvalue weighted by molar-refractivity contribution is 0.101. The van der Waals surface area contributed by atoms with Gasteiger partial charge >= 0.3 is 5.76 Å². The van der Waals surface area contributed by atoms with E-state index in [1.54, 1.807) is 0 Å². The van der Waals surface area contributed by atoms with Gasteiger partial charge in [0.05, 0.1) is 0 Å². The first kappa shape index (κ1) is 8.45. The van der Waals surface area contributed by atoms with E-state index in [1.807, 2.05) is 4.98 Å². The molecule has 1 heterocycles. The number of H-pyrrole nitrogens is 1. The molecular formula is C7H7NO4. The highest BCUT2D eigenvalue weighted by atomic mass is 16.4. The minimum atomic E-state index is -0.845. The zero-order valence-electron chi connectivity index (χ0n) is 6.63. The number of carbonyl (C=O) groups is 1. The summed E-state index contributed by atoms with van der Waals surface area (Å²) in [5.41, 5.74) is -0.800. The van der Waals surface area contributed by atoms with Crippen molar-refractivity contribution in [2.45, 2.75) is 13.8 Å². The van der Waals surface area contributed by atoms with Crippen LogP contribution in [0.15, 0.2) is 14.0 Å². The summed E-state index contributed by atoms with van der Waals surface area (Å²) in [6.45, 7) is 2.63. The zero-order valence-corrected chi connectivity index (χ0v) is 6.63. The van der Waals surface area contributed by atoms with Crippen molar-refractivity contribution in [3.8, 4) is 0 Å². The third-order valence-electron chi connectivity index (χ3n) is 1.39. The molecule has 64 valence electrons. The number of ketones is 1. The van der Waals surface area contributed by atoms with Gasteiger partial charge in [-0.15, -0.1) is 0 Å². The number of hydrogen-bond acceptors (Lipinski definition) is 4. The number of nitrogens with one attached hydrogen (secondary N) is 1. The van der Waals surface area contributed by atoms with Crippen molar-refractivity contribution in [3.63, 3.8) is 0 Å². The Morgan fingerprint density at radius 1 is 1.42 bits per heavy atom. The SMILES string of the molecule is CC(=O)c1c(C)oc(=O)[nH]c1=O. The van der Waals surface area contributed by atoms with E-state index in [-0.39, 0.29) is 11.3 Å². The summed E-state index contributed by atoms with van der Waals surface area (Å²) < 4.78 is 4.52. The predicted molar refractivity (Wildman–Crippen MR) is 40.3 cm³/mol. The second-order valence-electron chi connectivity index (χ2n) is 2.33. The summed E-state index contributed by atoms with van der Waals surface area (Å²) >= 11 is 0. The van der Waals surface area contributed by atoms with Crippen LogP contribution in [0.3, 0.4) is 0 Å². The van der Waals surface area contributed by atoms with E-state index in [4.69, 9.17) is 0 Å². The summed E-state index contributed by atoms with van der Waals surface area (Å²) in [5.74, 6) is -1.21. The average molecular weight is 169 g/mol. The Morgan fingerprint density at radius 2 is 2.00 bits per heavy atom. The first-order valence-corrected chi connectivity index (χ1v) is 3.27. The molecule has 0 atom stereocenters. The van der Waals surface area contributed by atoms with Crippen LogP contribution in [0.4, 0.5) is 0 Å². The van der Waals surface area contributed by atoms with Gasteiger partial charge in [0.1, 0.15) is 11.3 Å². The maximum atomic E-state index is 11.0. The fourth-order valence-electron chi connectivity index (χ4n) is 0.938. The fraction of sp³-hybridized carbons (Fsp3) is 0.286. The Hall–Kier alpha value is -1.65. The van der Waals surface area contributed by atoms with Crippen molar-refractivity contribution >= 4 is 5.78 Å². The zero-order chi connectivity index (χ0) is 9.30. The third-order valence-corrected chi connectivity index (χ3v) is 1.39. The Morgan fingerprint density at radius 3 is 2.42 bits per heavy atom. The minimum absolute atomic E-state index is 0.0521. The monoisotopic (exact) mass is 169 g/mol. The molecule has 1 N–H and O–H groups in total. The standard InChI is InChI=1S/C7H7NO4/c1-3(9)5-4(2)12-7(11)8-6(5)10/h1-2H3,(H,8,10,11). The molecule has 0 aliphatic carbocycles. The molecule has 0 bridgehead atoms. The van der Waals surface area contributed by atoms with Crippen molar-refractivity contribution < 1.29 is 9.21 Å². The largest absolute Gasteiger partial charge is 0.419 e.